The van der Waals surface area contributed by atoms with E-state index in [1.807, 2.05) is 0 Å². The van der Waals surface area contributed by atoms with E-state index in [0.29, 0.717) is 6.04 Å². The molecule has 1 aromatic rings. The largest absolute Gasteiger partial charge is 0.286 e. The lowest BCUT2D eigenvalue weighted by atomic mass is 9.95. The summed E-state index contributed by atoms with van der Waals surface area (Å²) in [5, 5.41) is 0. The zero-order chi connectivity index (χ0) is 12.6. The van der Waals surface area contributed by atoms with E-state index < -0.39 is 0 Å². The quantitative estimate of drug-likeness (QED) is 0.645. The molecule has 1 saturated carbocycles. The molecule has 1 aliphatic carbocycles. The van der Waals surface area contributed by atoms with Gasteiger partial charge < -0.3 is 0 Å². The fraction of sp³-hybridized carbons (Fsp3) is 0.588. The van der Waals surface area contributed by atoms with Crippen LogP contribution in [0.2, 0.25) is 0 Å². The Morgan fingerprint density at radius 1 is 1.11 bits per heavy atom. The van der Waals surface area contributed by atoms with Crippen molar-refractivity contribution in [2.24, 2.45) is 4.99 Å². The van der Waals surface area contributed by atoms with E-state index in [0.717, 1.165) is 6.42 Å². The standard InChI is InChI=1S/C17H25N/c1-2-3-14-17(15-10-6-4-7-11-15)18-16-12-8-5-9-13-16/h4,6-7,10-11,16H,2-3,5,8-9,12-14H2,1H3. The lowest BCUT2D eigenvalue weighted by molar-refractivity contribution is 0.443. The maximum Gasteiger partial charge on any atom is 0.0503 e. The first-order valence-electron chi connectivity index (χ1n) is 7.52. The smallest absolute Gasteiger partial charge is 0.0503 e. The number of nitrogens with zero attached hydrogens (tertiary/aromatic N) is 1. The van der Waals surface area contributed by atoms with E-state index in [4.69, 9.17) is 4.99 Å². The van der Waals surface area contributed by atoms with Crippen LogP contribution in [0.3, 0.4) is 0 Å². The van der Waals surface area contributed by atoms with Gasteiger partial charge >= 0.3 is 0 Å². The third-order valence-electron chi connectivity index (χ3n) is 3.79. The first-order chi connectivity index (χ1) is 8.90. The third-order valence-corrected chi connectivity index (χ3v) is 3.79. The second-order valence-electron chi connectivity index (χ2n) is 5.34. The van der Waals surface area contributed by atoms with Gasteiger partial charge in [0.25, 0.3) is 0 Å². The van der Waals surface area contributed by atoms with Crippen molar-refractivity contribution in [1.29, 1.82) is 0 Å². The van der Waals surface area contributed by atoms with Crippen LogP contribution >= 0.6 is 0 Å². The van der Waals surface area contributed by atoms with Gasteiger partial charge in [-0.1, -0.05) is 62.9 Å². The highest BCUT2D eigenvalue weighted by Gasteiger charge is 2.13. The minimum atomic E-state index is 0.589. The van der Waals surface area contributed by atoms with Crippen molar-refractivity contribution in [3.63, 3.8) is 0 Å². The molecule has 0 amide bonds. The van der Waals surface area contributed by atoms with Crippen molar-refractivity contribution < 1.29 is 0 Å². The number of hydrogen-bond acceptors (Lipinski definition) is 1. The Labute approximate surface area is 111 Å². The molecule has 0 bridgehead atoms. The van der Waals surface area contributed by atoms with Crippen LogP contribution in [0.1, 0.15) is 63.9 Å². The Kier molecular flexibility index (Phi) is 5.44. The molecule has 0 aromatic heterocycles. The maximum absolute atomic E-state index is 5.06. The first-order valence-corrected chi connectivity index (χ1v) is 7.52. The summed E-state index contributed by atoms with van der Waals surface area (Å²) < 4.78 is 0. The topological polar surface area (TPSA) is 12.4 Å². The van der Waals surface area contributed by atoms with Crippen molar-refractivity contribution in [3.05, 3.63) is 35.9 Å². The highest BCUT2D eigenvalue weighted by Crippen LogP contribution is 2.22. The summed E-state index contributed by atoms with van der Waals surface area (Å²) in [6, 6.07) is 11.3. The Bertz CT molecular complexity index is 360. The van der Waals surface area contributed by atoms with Crippen molar-refractivity contribution in [3.8, 4) is 0 Å². The lowest BCUT2D eigenvalue weighted by Gasteiger charge is -2.19. The van der Waals surface area contributed by atoms with Gasteiger partial charge in [0.15, 0.2) is 0 Å². The summed E-state index contributed by atoms with van der Waals surface area (Å²) in [5.74, 6) is 0. The summed E-state index contributed by atoms with van der Waals surface area (Å²) >= 11 is 0. The Balaban J connectivity index is 2.10. The van der Waals surface area contributed by atoms with Crippen LogP contribution in [-0.4, -0.2) is 11.8 Å². The fourth-order valence-electron chi connectivity index (χ4n) is 2.69. The molecule has 98 valence electrons. The zero-order valence-electron chi connectivity index (χ0n) is 11.6. The van der Waals surface area contributed by atoms with Crippen molar-refractivity contribution in [2.75, 3.05) is 0 Å². The zero-order valence-corrected chi connectivity index (χ0v) is 11.6. The number of hydrogen-bond donors (Lipinski definition) is 0. The minimum absolute atomic E-state index is 0.589. The normalized spacial score (nSPS) is 17.9. The summed E-state index contributed by atoms with van der Waals surface area (Å²) in [5.41, 5.74) is 2.67. The molecule has 18 heavy (non-hydrogen) atoms. The molecule has 0 atom stereocenters. The van der Waals surface area contributed by atoms with Gasteiger partial charge in [0.1, 0.15) is 0 Å². The molecule has 1 aliphatic rings. The van der Waals surface area contributed by atoms with Crippen LogP contribution in [0.4, 0.5) is 0 Å². The van der Waals surface area contributed by atoms with Gasteiger partial charge in [-0.3, -0.25) is 4.99 Å². The van der Waals surface area contributed by atoms with E-state index in [9.17, 15) is 0 Å². The summed E-state index contributed by atoms with van der Waals surface area (Å²) in [7, 11) is 0. The molecule has 0 saturated heterocycles. The Morgan fingerprint density at radius 2 is 1.83 bits per heavy atom. The van der Waals surface area contributed by atoms with Gasteiger partial charge in [0.2, 0.25) is 0 Å². The maximum atomic E-state index is 5.06. The molecule has 1 nitrogen and oxygen atoms in total. The van der Waals surface area contributed by atoms with E-state index >= 15 is 0 Å². The molecule has 0 spiro atoms. The molecule has 1 heteroatoms. The van der Waals surface area contributed by atoms with E-state index in [-0.39, 0.29) is 0 Å². The minimum Gasteiger partial charge on any atom is -0.286 e. The molecule has 2 rings (SSSR count). The molecular weight excluding hydrogens is 218 g/mol. The van der Waals surface area contributed by atoms with Gasteiger partial charge in [0, 0.05) is 5.71 Å². The summed E-state index contributed by atoms with van der Waals surface area (Å²) in [6.07, 6.45) is 10.4. The van der Waals surface area contributed by atoms with E-state index in [1.165, 1.54) is 56.2 Å². The fourth-order valence-corrected chi connectivity index (χ4v) is 2.69. The second-order valence-corrected chi connectivity index (χ2v) is 5.34. The van der Waals surface area contributed by atoms with Crippen molar-refractivity contribution >= 4 is 5.71 Å². The second kappa shape index (κ2) is 7.35. The van der Waals surface area contributed by atoms with Gasteiger partial charge in [-0.15, -0.1) is 0 Å². The summed E-state index contributed by atoms with van der Waals surface area (Å²) in [4.78, 5) is 5.06. The highest BCUT2D eigenvalue weighted by atomic mass is 14.8. The van der Waals surface area contributed by atoms with Crippen molar-refractivity contribution in [2.45, 2.75) is 64.3 Å². The molecular formula is C17H25N. The van der Waals surface area contributed by atoms with E-state index in [1.54, 1.807) is 0 Å². The average molecular weight is 243 g/mol. The molecule has 0 aliphatic heterocycles. The van der Waals surface area contributed by atoms with Crippen LogP contribution in [0.5, 0.6) is 0 Å². The van der Waals surface area contributed by atoms with Crippen molar-refractivity contribution in [1.82, 2.24) is 0 Å². The SMILES string of the molecule is CCCCC(=NC1CCCCC1)c1ccccc1. The monoisotopic (exact) mass is 243 g/mol. The molecule has 0 N–H and O–H groups in total. The average Bonchev–Trinajstić information content (AvgIpc) is 2.45. The van der Waals surface area contributed by atoms with Crippen LogP contribution in [0.15, 0.2) is 35.3 Å². The third kappa shape index (κ3) is 3.97. The Hall–Kier alpha value is -1.11. The molecule has 0 unspecified atom stereocenters. The predicted octanol–water partition coefficient (Wildman–Crippen LogP) is 5.00. The number of rotatable bonds is 5. The number of aliphatic imine (C=N–C) groups is 1. The van der Waals surface area contributed by atoms with E-state index in [2.05, 4.69) is 37.3 Å². The number of unbranched alkanes of at least 4 members (excludes halogenated alkanes) is 1. The molecule has 0 radical (unpaired) electrons. The summed E-state index contributed by atoms with van der Waals surface area (Å²) in [6.45, 7) is 2.25. The van der Waals surface area contributed by atoms with Gasteiger partial charge in [-0.25, -0.2) is 0 Å². The number of benzene rings is 1. The predicted molar refractivity (Wildman–Crippen MR) is 79.4 cm³/mol. The highest BCUT2D eigenvalue weighted by molar-refractivity contribution is 6.00. The van der Waals surface area contributed by atoms with Crippen LogP contribution in [-0.2, 0) is 0 Å². The van der Waals surface area contributed by atoms with Crippen LogP contribution in [0, 0.1) is 0 Å². The van der Waals surface area contributed by atoms with Crippen LogP contribution < -0.4 is 0 Å². The van der Waals surface area contributed by atoms with Crippen LogP contribution in [0.25, 0.3) is 0 Å². The lowest BCUT2D eigenvalue weighted by Crippen LogP contribution is -2.13. The molecule has 1 aromatic carbocycles. The first kappa shape index (κ1) is 13.3. The molecule has 0 heterocycles. The van der Waals surface area contributed by atoms with Gasteiger partial charge in [-0.05, 0) is 31.2 Å². The molecule has 1 fully saturated rings. The Morgan fingerprint density at radius 3 is 2.50 bits per heavy atom. The van der Waals surface area contributed by atoms with Gasteiger partial charge in [0.05, 0.1) is 6.04 Å². The van der Waals surface area contributed by atoms with Gasteiger partial charge in [-0.2, -0.15) is 0 Å².